The fourth-order valence-corrected chi connectivity index (χ4v) is 3.16. The summed E-state index contributed by atoms with van der Waals surface area (Å²) >= 11 is 0. The summed E-state index contributed by atoms with van der Waals surface area (Å²) in [5.74, 6) is 1.65. The van der Waals surface area contributed by atoms with Gasteiger partial charge in [0.15, 0.2) is 0 Å². The Kier molecular flexibility index (Phi) is 3.32. The Morgan fingerprint density at radius 2 is 2.32 bits per heavy atom. The lowest BCUT2D eigenvalue weighted by atomic mass is 9.82. The molecule has 0 amide bonds. The molecule has 1 aliphatic rings. The van der Waals surface area contributed by atoms with Gasteiger partial charge in [-0.05, 0) is 36.8 Å². The number of fused-ring (bicyclic) bond motifs is 1. The van der Waals surface area contributed by atoms with Crippen molar-refractivity contribution in [3.8, 4) is 0 Å². The van der Waals surface area contributed by atoms with E-state index in [0.717, 1.165) is 40.7 Å². The van der Waals surface area contributed by atoms with Crippen molar-refractivity contribution in [1.82, 2.24) is 10.2 Å². The summed E-state index contributed by atoms with van der Waals surface area (Å²) in [5, 5.41) is 11.6. The lowest BCUT2D eigenvalue weighted by Gasteiger charge is -2.27. The standard InChI is InChI=1S/C15H22N4/c1-10-3-2-4-11(5-10)8-17-15-7-14-12(6-13(15)16)9-18-19-14/h6-7,9-11,17H,2-5,8,16H2,1H3,(H,18,19). The van der Waals surface area contributed by atoms with Gasteiger partial charge in [-0.1, -0.05) is 19.8 Å². The van der Waals surface area contributed by atoms with E-state index < -0.39 is 0 Å². The van der Waals surface area contributed by atoms with E-state index in [4.69, 9.17) is 5.73 Å². The Bertz CT molecular complexity index is 560. The van der Waals surface area contributed by atoms with Gasteiger partial charge in [-0.25, -0.2) is 0 Å². The maximum atomic E-state index is 6.08. The Morgan fingerprint density at radius 3 is 3.16 bits per heavy atom. The summed E-state index contributed by atoms with van der Waals surface area (Å²) in [7, 11) is 0. The molecule has 0 spiro atoms. The van der Waals surface area contributed by atoms with Crippen molar-refractivity contribution in [3.05, 3.63) is 18.3 Å². The molecule has 4 heteroatoms. The summed E-state index contributed by atoms with van der Waals surface area (Å²) in [6.45, 7) is 3.38. The molecule has 1 aromatic heterocycles. The van der Waals surface area contributed by atoms with Crippen LogP contribution < -0.4 is 11.1 Å². The van der Waals surface area contributed by atoms with Gasteiger partial charge in [0.25, 0.3) is 0 Å². The molecule has 2 unspecified atom stereocenters. The minimum Gasteiger partial charge on any atom is -0.397 e. The third kappa shape index (κ3) is 2.67. The average Bonchev–Trinajstić information content (AvgIpc) is 2.83. The number of nitrogens with two attached hydrogens (primary N) is 1. The van der Waals surface area contributed by atoms with Gasteiger partial charge in [-0.15, -0.1) is 0 Å². The van der Waals surface area contributed by atoms with E-state index in [-0.39, 0.29) is 0 Å². The molecule has 4 nitrogen and oxygen atoms in total. The largest absolute Gasteiger partial charge is 0.397 e. The summed E-state index contributed by atoms with van der Waals surface area (Å²) in [4.78, 5) is 0. The monoisotopic (exact) mass is 258 g/mol. The maximum Gasteiger partial charge on any atom is 0.0672 e. The number of nitrogens with one attached hydrogen (secondary N) is 2. The van der Waals surface area contributed by atoms with E-state index in [1.165, 1.54) is 25.7 Å². The number of aromatic nitrogens is 2. The predicted molar refractivity (Wildman–Crippen MR) is 80.1 cm³/mol. The number of nitrogen functional groups attached to an aromatic ring is 1. The quantitative estimate of drug-likeness (QED) is 0.739. The van der Waals surface area contributed by atoms with Crippen LogP contribution in [0, 0.1) is 11.8 Å². The van der Waals surface area contributed by atoms with Gasteiger partial charge in [0.1, 0.15) is 0 Å². The zero-order valence-corrected chi connectivity index (χ0v) is 11.4. The van der Waals surface area contributed by atoms with Crippen molar-refractivity contribution in [2.45, 2.75) is 32.6 Å². The second kappa shape index (κ2) is 5.11. The third-order valence-electron chi connectivity index (χ3n) is 4.24. The van der Waals surface area contributed by atoms with Crippen LogP contribution in [0.25, 0.3) is 10.9 Å². The molecule has 1 fully saturated rings. The average molecular weight is 258 g/mol. The Morgan fingerprint density at radius 1 is 1.42 bits per heavy atom. The highest BCUT2D eigenvalue weighted by atomic mass is 15.1. The minimum absolute atomic E-state index is 0.778. The maximum absolute atomic E-state index is 6.08. The molecule has 1 aromatic carbocycles. The van der Waals surface area contributed by atoms with Crippen LogP contribution in [0.15, 0.2) is 18.3 Å². The van der Waals surface area contributed by atoms with Crippen LogP contribution in [0.3, 0.4) is 0 Å². The molecule has 0 saturated heterocycles. The lowest BCUT2D eigenvalue weighted by Crippen LogP contribution is -2.21. The number of nitrogens with zero attached hydrogens (tertiary/aromatic N) is 1. The Labute approximate surface area is 113 Å². The zero-order chi connectivity index (χ0) is 13.2. The topological polar surface area (TPSA) is 66.7 Å². The van der Waals surface area contributed by atoms with E-state index in [2.05, 4.69) is 28.5 Å². The smallest absolute Gasteiger partial charge is 0.0672 e. The van der Waals surface area contributed by atoms with Crippen LogP contribution in [-0.2, 0) is 0 Å². The van der Waals surface area contributed by atoms with Crippen LogP contribution in [0.5, 0.6) is 0 Å². The van der Waals surface area contributed by atoms with E-state index in [0.29, 0.717) is 0 Å². The summed E-state index contributed by atoms with van der Waals surface area (Å²) in [6, 6.07) is 4.04. The van der Waals surface area contributed by atoms with Crippen LogP contribution in [0.2, 0.25) is 0 Å². The second-order valence-electron chi connectivity index (χ2n) is 5.92. The number of benzene rings is 1. The number of anilines is 2. The predicted octanol–water partition coefficient (Wildman–Crippen LogP) is 3.38. The van der Waals surface area contributed by atoms with Gasteiger partial charge in [0, 0.05) is 11.9 Å². The second-order valence-corrected chi connectivity index (χ2v) is 5.92. The molecule has 4 N–H and O–H groups in total. The highest BCUT2D eigenvalue weighted by Crippen LogP contribution is 2.30. The molecule has 3 rings (SSSR count). The molecule has 19 heavy (non-hydrogen) atoms. The van der Waals surface area contributed by atoms with Crippen molar-refractivity contribution >= 4 is 22.3 Å². The highest BCUT2D eigenvalue weighted by molar-refractivity contribution is 5.88. The normalized spacial score (nSPS) is 23.6. The van der Waals surface area contributed by atoms with Crippen LogP contribution in [0.1, 0.15) is 32.6 Å². The minimum atomic E-state index is 0.778. The zero-order valence-electron chi connectivity index (χ0n) is 11.4. The number of rotatable bonds is 3. The van der Waals surface area contributed by atoms with Crippen LogP contribution >= 0.6 is 0 Å². The summed E-state index contributed by atoms with van der Waals surface area (Å²) in [5.41, 5.74) is 8.95. The Hall–Kier alpha value is -1.71. The molecule has 0 bridgehead atoms. The number of hydrogen-bond donors (Lipinski definition) is 3. The van der Waals surface area contributed by atoms with E-state index in [9.17, 15) is 0 Å². The third-order valence-corrected chi connectivity index (χ3v) is 4.24. The molecule has 1 heterocycles. The molecule has 102 valence electrons. The van der Waals surface area contributed by atoms with Gasteiger partial charge in [-0.2, -0.15) is 5.10 Å². The number of aromatic amines is 1. The molecule has 2 aromatic rings. The fraction of sp³-hybridized carbons (Fsp3) is 0.533. The van der Waals surface area contributed by atoms with Crippen molar-refractivity contribution < 1.29 is 0 Å². The van der Waals surface area contributed by atoms with Crippen molar-refractivity contribution in [1.29, 1.82) is 0 Å². The lowest BCUT2D eigenvalue weighted by molar-refractivity contribution is 0.293. The summed E-state index contributed by atoms with van der Waals surface area (Å²) in [6.07, 6.45) is 7.22. The van der Waals surface area contributed by atoms with Crippen molar-refractivity contribution in [2.24, 2.45) is 11.8 Å². The van der Waals surface area contributed by atoms with E-state index in [1.807, 2.05) is 6.07 Å². The molecule has 1 aliphatic carbocycles. The first-order chi connectivity index (χ1) is 9.22. The first-order valence-corrected chi connectivity index (χ1v) is 7.19. The van der Waals surface area contributed by atoms with Crippen molar-refractivity contribution in [2.75, 3.05) is 17.6 Å². The molecule has 0 aliphatic heterocycles. The first kappa shape index (κ1) is 12.3. The number of hydrogen-bond acceptors (Lipinski definition) is 3. The van der Waals surface area contributed by atoms with Gasteiger partial charge in [0.2, 0.25) is 0 Å². The van der Waals surface area contributed by atoms with Gasteiger partial charge in [-0.3, -0.25) is 5.10 Å². The molecular formula is C15H22N4. The molecule has 0 radical (unpaired) electrons. The van der Waals surface area contributed by atoms with Gasteiger partial charge >= 0.3 is 0 Å². The number of H-pyrrole nitrogens is 1. The highest BCUT2D eigenvalue weighted by Gasteiger charge is 2.18. The molecular weight excluding hydrogens is 236 g/mol. The first-order valence-electron chi connectivity index (χ1n) is 7.19. The van der Waals surface area contributed by atoms with Crippen molar-refractivity contribution in [3.63, 3.8) is 0 Å². The summed E-state index contributed by atoms with van der Waals surface area (Å²) < 4.78 is 0. The van der Waals surface area contributed by atoms with Gasteiger partial charge < -0.3 is 11.1 Å². The van der Waals surface area contributed by atoms with E-state index in [1.54, 1.807) is 6.20 Å². The molecule has 2 atom stereocenters. The Balaban J connectivity index is 1.68. The van der Waals surface area contributed by atoms with Gasteiger partial charge in [0.05, 0.1) is 23.1 Å². The molecule has 1 saturated carbocycles. The van der Waals surface area contributed by atoms with E-state index >= 15 is 0 Å². The van der Waals surface area contributed by atoms with Crippen LogP contribution in [-0.4, -0.2) is 16.7 Å². The SMILES string of the molecule is CC1CCCC(CNc2cc3[nH]ncc3cc2N)C1. The van der Waals surface area contributed by atoms with Crippen LogP contribution in [0.4, 0.5) is 11.4 Å². The fourth-order valence-electron chi connectivity index (χ4n) is 3.16.